The predicted molar refractivity (Wildman–Crippen MR) is 56.4 cm³/mol. The van der Waals surface area contributed by atoms with Gasteiger partial charge in [-0.2, -0.15) is 0 Å². The Kier molecular flexibility index (Phi) is 3.74. The van der Waals surface area contributed by atoms with Crippen molar-refractivity contribution in [3.8, 4) is 0 Å². The van der Waals surface area contributed by atoms with Crippen LogP contribution in [-0.2, 0) is 9.53 Å². The van der Waals surface area contributed by atoms with Crippen molar-refractivity contribution in [2.75, 3.05) is 39.4 Å². The Morgan fingerprint density at radius 1 is 1.25 bits per heavy atom. The van der Waals surface area contributed by atoms with Gasteiger partial charge >= 0.3 is 6.03 Å². The fraction of sp³-hybridized carbons (Fsp3) is 0.700. The molecule has 6 heteroatoms. The highest BCUT2D eigenvalue weighted by molar-refractivity contribution is 5.97. The van der Waals surface area contributed by atoms with Crippen LogP contribution in [0.1, 0.15) is 6.42 Å². The van der Waals surface area contributed by atoms with Gasteiger partial charge in [0.15, 0.2) is 0 Å². The largest absolute Gasteiger partial charge is 0.379 e. The van der Waals surface area contributed by atoms with Gasteiger partial charge in [0.2, 0.25) is 5.91 Å². The summed E-state index contributed by atoms with van der Waals surface area (Å²) in [5, 5.41) is 2.29. The van der Waals surface area contributed by atoms with Crippen LogP contribution in [0.25, 0.3) is 0 Å². The Morgan fingerprint density at radius 3 is 2.69 bits per heavy atom. The first kappa shape index (κ1) is 11.3. The molecular formula is C10H16N3O3. The second-order valence-electron chi connectivity index (χ2n) is 3.89. The maximum Gasteiger partial charge on any atom is 0.324 e. The lowest BCUT2D eigenvalue weighted by molar-refractivity contribution is -0.120. The molecule has 0 atom stereocenters. The lowest BCUT2D eigenvalue weighted by Gasteiger charge is -2.31. The number of rotatable bonds is 3. The first-order valence-electron chi connectivity index (χ1n) is 5.49. The lowest BCUT2D eigenvalue weighted by atomic mass is 10.3. The zero-order valence-corrected chi connectivity index (χ0v) is 9.15. The van der Waals surface area contributed by atoms with E-state index >= 15 is 0 Å². The van der Waals surface area contributed by atoms with Gasteiger partial charge in [0, 0.05) is 32.6 Å². The van der Waals surface area contributed by atoms with Gasteiger partial charge in [0.05, 0.1) is 19.8 Å². The Morgan fingerprint density at radius 2 is 2.00 bits per heavy atom. The maximum atomic E-state index is 11.4. The predicted octanol–water partition coefficient (Wildman–Crippen LogP) is -0.578. The average Bonchev–Trinajstić information content (AvgIpc) is 2.29. The average molecular weight is 226 g/mol. The Balaban J connectivity index is 1.72. The SMILES string of the molecule is O=C1C[CH]N(CCN2CCOCC2)C(=O)N1. The number of imide groups is 1. The third kappa shape index (κ3) is 2.93. The fourth-order valence-corrected chi connectivity index (χ4v) is 1.78. The lowest BCUT2D eigenvalue weighted by Crippen LogP contribution is -2.50. The summed E-state index contributed by atoms with van der Waals surface area (Å²) in [6.45, 7) is 6.44. The smallest absolute Gasteiger partial charge is 0.324 e. The van der Waals surface area contributed by atoms with E-state index in [1.54, 1.807) is 11.4 Å². The highest BCUT2D eigenvalue weighted by Crippen LogP contribution is 2.05. The molecule has 2 aliphatic heterocycles. The van der Waals surface area contributed by atoms with Crippen LogP contribution in [0.4, 0.5) is 4.79 Å². The van der Waals surface area contributed by atoms with Crippen molar-refractivity contribution >= 4 is 11.9 Å². The number of nitrogens with one attached hydrogen (secondary N) is 1. The van der Waals surface area contributed by atoms with Crippen LogP contribution in [0.5, 0.6) is 0 Å². The molecule has 0 aliphatic carbocycles. The number of hydrogen-bond acceptors (Lipinski definition) is 4. The first-order valence-corrected chi connectivity index (χ1v) is 5.49. The number of carbonyl (C=O) groups is 2. The molecule has 2 rings (SSSR count). The summed E-state index contributed by atoms with van der Waals surface area (Å²) in [7, 11) is 0. The van der Waals surface area contributed by atoms with Crippen LogP contribution in [-0.4, -0.2) is 61.1 Å². The summed E-state index contributed by atoms with van der Waals surface area (Å²) in [5.74, 6) is -0.229. The number of carbonyl (C=O) groups excluding carboxylic acids is 2. The number of ether oxygens (including phenoxy) is 1. The van der Waals surface area contributed by atoms with Gasteiger partial charge < -0.3 is 9.64 Å². The van der Waals surface area contributed by atoms with Crippen molar-refractivity contribution in [2.45, 2.75) is 6.42 Å². The Hall–Kier alpha value is -1.14. The van der Waals surface area contributed by atoms with E-state index in [4.69, 9.17) is 4.74 Å². The van der Waals surface area contributed by atoms with E-state index in [1.165, 1.54) is 0 Å². The van der Waals surface area contributed by atoms with Crippen LogP contribution in [0.2, 0.25) is 0 Å². The second-order valence-corrected chi connectivity index (χ2v) is 3.89. The molecule has 2 fully saturated rings. The molecule has 89 valence electrons. The molecule has 0 unspecified atom stereocenters. The first-order chi connectivity index (χ1) is 7.75. The molecule has 6 nitrogen and oxygen atoms in total. The molecule has 2 aliphatic rings. The van der Waals surface area contributed by atoms with Gasteiger partial charge in [0.1, 0.15) is 0 Å². The molecule has 3 amide bonds. The monoisotopic (exact) mass is 226 g/mol. The second kappa shape index (κ2) is 5.27. The highest BCUT2D eigenvalue weighted by atomic mass is 16.5. The number of amides is 3. The van der Waals surface area contributed by atoms with Gasteiger partial charge in [0.25, 0.3) is 0 Å². The van der Waals surface area contributed by atoms with E-state index in [-0.39, 0.29) is 18.4 Å². The number of nitrogens with zero attached hydrogens (tertiary/aromatic N) is 2. The molecule has 16 heavy (non-hydrogen) atoms. The molecule has 0 aromatic rings. The van der Waals surface area contributed by atoms with Crippen LogP contribution >= 0.6 is 0 Å². The van der Waals surface area contributed by atoms with Crippen molar-refractivity contribution in [3.05, 3.63) is 6.54 Å². The molecule has 0 saturated carbocycles. The van der Waals surface area contributed by atoms with Crippen molar-refractivity contribution in [2.24, 2.45) is 0 Å². The minimum absolute atomic E-state index is 0.229. The summed E-state index contributed by atoms with van der Waals surface area (Å²) in [5.41, 5.74) is 0. The van der Waals surface area contributed by atoms with E-state index in [9.17, 15) is 9.59 Å². The molecule has 0 bridgehead atoms. The van der Waals surface area contributed by atoms with E-state index < -0.39 is 0 Å². The molecule has 0 aromatic heterocycles. The van der Waals surface area contributed by atoms with Crippen LogP contribution in [0, 0.1) is 6.54 Å². The number of hydrogen-bond donors (Lipinski definition) is 1. The van der Waals surface area contributed by atoms with Crippen molar-refractivity contribution in [3.63, 3.8) is 0 Å². The number of urea groups is 1. The van der Waals surface area contributed by atoms with E-state index in [2.05, 4.69) is 10.2 Å². The van der Waals surface area contributed by atoms with E-state index in [0.29, 0.717) is 6.54 Å². The van der Waals surface area contributed by atoms with Crippen LogP contribution in [0.3, 0.4) is 0 Å². The molecule has 2 heterocycles. The molecule has 1 N–H and O–H groups in total. The van der Waals surface area contributed by atoms with Crippen LogP contribution < -0.4 is 5.32 Å². The van der Waals surface area contributed by atoms with Crippen molar-refractivity contribution in [1.82, 2.24) is 15.1 Å². The molecule has 2 saturated heterocycles. The van der Waals surface area contributed by atoms with Gasteiger partial charge in [-0.15, -0.1) is 0 Å². The van der Waals surface area contributed by atoms with Gasteiger partial charge in [-0.05, 0) is 0 Å². The topological polar surface area (TPSA) is 61.9 Å². The summed E-state index contributed by atoms with van der Waals surface area (Å²) < 4.78 is 5.24. The molecular weight excluding hydrogens is 210 g/mol. The highest BCUT2D eigenvalue weighted by Gasteiger charge is 2.23. The normalized spacial score (nSPS) is 23.4. The van der Waals surface area contributed by atoms with Crippen LogP contribution in [0.15, 0.2) is 0 Å². The van der Waals surface area contributed by atoms with Gasteiger partial charge in [-0.1, -0.05) is 0 Å². The molecule has 1 radical (unpaired) electrons. The van der Waals surface area contributed by atoms with E-state index in [0.717, 1.165) is 32.8 Å². The third-order valence-corrected chi connectivity index (χ3v) is 2.77. The minimum Gasteiger partial charge on any atom is -0.379 e. The van der Waals surface area contributed by atoms with Crippen molar-refractivity contribution < 1.29 is 14.3 Å². The Bertz CT molecular complexity index is 276. The quantitative estimate of drug-likeness (QED) is 0.699. The summed E-state index contributed by atoms with van der Waals surface area (Å²) in [4.78, 5) is 26.1. The third-order valence-electron chi connectivity index (χ3n) is 2.77. The standard InChI is InChI=1S/C10H16N3O3/c14-9-1-2-13(10(15)11-9)4-3-12-5-7-16-8-6-12/h2H,1,3-8H2,(H,11,14,15). The summed E-state index contributed by atoms with van der Waals surface area (Å²) in [6, 6.07) is -0.315. The zero-order chi connectivity index (χ0) is 11.4. The van der Waals surface area contributed by atoms with Gasteiger partial charge in [-0.3, -0.25) is 15.0 Å². The van der Waals surface area contributed by atoms with Gasteiger partial charge in [-0.25, -0.2) is 4.79 Å². The maximum absolute atomic E-state index is 11.4. The zero-order valence-electron chi connectivity index (χ0n) is 9.15. The molecule has 0 spiro atoms. The molecule has 0 aromatic carbocycles. The minimum atomic E-state index is -0.315. The summed E-state index contributed by atoms with van der Waals surface area (Å²) in [6.07, 6.45) is 0.287. The fourth-order valence-electron chi connectivity index (χ4n) is 1.78. The van der Waals surface area contributed by atoms with E-state index in [1.807, 2.05) is 0 Å². The number of morpholine rings is 1. The van der Waals surface area contributed by atoms with Crippen molar-refractivity contribution in [1.29, 1.82) is 0 Å². The Labute approximate surface area is 94.5 Å². The summed E-state index contributed by atoms with van der Waals surface area (Å²) >= 11 is 0.